The monoisotopic (exact) mass is 538 g/mol. The first kappa shape index (κ1) is 27.5. The van der Waals surface area contributed by atoms with Gasteiger partial charge in [0.2, 0.25) is 0 Å². The number of ether oxygens (including phenoxy) is 1. The fourth-order valence-corrected chi connectivity index (χ4v) is 6.48. The molecule has 1 aromatic heterocycles. The molecule has 2 aromatic carbocycles. The Kier molecular flexibility index (Phi) is 8.49. The fourth-order valence-electron chi connectivity index (χ4n) is 6.48. The number of nitrogens with zero attached hydrogens (tertiary/aromatic N) is 2. The average molecular weight is 539 g/mol. The van der Waals surface area contributed by atoms with E-state index in [2.05, 4.69) is 26.9 Å². The third kappa shape index (κ3) is 6.77. The van der Waals surface area contributed by atoms with Crippen LogP contribution in [-0.4, -0.2) is 29.6 Å². The number of hydrogen-bond donors (Lipinski definition) is 2. The maximum Gasteiger partial charge on any atom is 0.573 e. The van der Waals surface area contributed by atoms with Gasteiger partial charge in [0.15, 0.2) is 0 Å². The molecule has 3 N–H and O–H groups in total. The second kappa shape index (κ2) is 12.0. The Morgan fingerprint density at radius 3 is 2.51 bits per heavy atom. The zero-order chi connectivity index (χ0) is 27.4. The summed E-state index contributed by atoms with van der Waals surface area (Å²) in [6.07, 6.45) is 8.05. The molecular weight excluding hydrogens is 501 g/mol. The van der Waals surface area contributed by atoms with E-state index in [1.807, 2.05) is 24.3 Å². The summed E-state index contributed by atoms with van der Waals surface area (Å²) in [5.74, 6) is -0.380. The van der Waals surface area contributed by atoms with Crippen molar-refractivity contribution in [3.05, 3.63) is 65.4 Å². The van der Waals surface area contributed by atoms with Crippen molar-refractivity contribution in [2.24, 2.45) is 5.73 Å². The first-order chi connectivity index (χ1) is 18.8. The first-order valence-corrected chi connectivity index (χ1v) is 14.2. The summed E-state index contributed by atoms with van der Waals surface area (Å²) in [5.41, 5.74) is 9.56. The van der Waals surface area contributed by atoms with Gasteiger partial charge >= 0.3 is 6.36 Å². The van der Waals surface area contributed by atoms with Gasteiger partial charge in [0, 0.05) is 41.1 Å². The van der Waals surface area contributed by atoms with Crippen LogP contribution in [-0.2, 0) is 0 Å². The molecule has 39 heavy (non-hydrogen) atoms. The number of alkyl halides is 3. The predicted octanol–water partition coefficient (Wildman–Crippen LogP) is 7.30. The van der Waals surface area contributed by atoms with Crippen molar-refractivity contribution in [3.63, 3.8) is 0 Å². The predicted molar refractivity (Wildman–Crippen MR) is 147 cm³/mol. The van der Waals surface area contributed by atoms with Crippen LogP contribution in [0.3, 0.4) is 0 Å². The molecule has 8 heteroatoms. The SMILES string of the molecule is N#Cc1ccc2c(c1)c(C(CCNC1CCC(N)CC1)c1cccc(OC(F)(F)F)c1)cn2C1CCCCC1. The molecule has 1 heterocycles. The zero-order valence-electron chi connectivity index (χ0n) is 22.2. The topological polar surface area (TPSA) is 76.0 Å². The second-order valence-electron chi connectivity index (χ2n) is 11.2. The van der Waals surface area contributed by atoms with E-state index >= 15 is 0 Å². The molecular formula is C31H37F3N4O. The molecule has 2 aliphatic rings. The standard InChI is InChI=1S/C31H37F3N4O/c32-31(33,34)39-26-8-4-5-22(18-26)27(15-16-37-24-12-10-23(36)11-13-24)29-20-38(25-6-2-1-3-7-25)30-14-9-21(19-35)17-28(29)30/h4-5,8-9,14,17-18,20,23-25,27,37H,1-3,6-7,10-13,15-16,36H2. The average Bonchev–Trinajstić information content (AvgIpc) is 3.30. The van der Waals surface area contributed by atoms with Crippen molar-refractivity contribution in [1.29, 1.82) is 5.26 Å². The van der Waals surface area contributed by atoms with Gasteiger partial charge in [0.1, 0.15) is 5.75 Å². The highest BCUT2D eigenvalue weighted by molar-refractivity contribution is 5.86. The van der Waals surface area contributed by atoms with E-state index in [1.54, 1.807) is 6.07 Å². The van der Waals surface area contributed by atoms with E-state index < -0.39 is 6.36 Å². The minimum Gasteiger partial charge on any atom is -0.406 e. The van der Waals surface area contributed by atoms with Gasteiger partial charge in [0.05, 0.1) is 11.6 Å². The van der Waals surface area contributed by atoms with E-state index in [4.69, 9.17) is 5.73 Å². The molecule has 2 saturated carbocycles. The molecule has 2 fully saturated rings. The van der Waals surface area contributed by atoms with E-state index in [-0.39, 0.29) is 17.7 Å². The normalized spacial score (nSPS) is 21.5. The third-order valence-electron chi connectivity index (χ3n) is 8.47. The lowest BCUT2D eigenvalue weighted by atomic mass is 9.87. The van der Waals surface area contributed by atoms with Crippen LogP contribution in [0.15, 0.2) is 48.7 Å². The molecule has 5 nitrogen and oxygen atoms in total. The number of benzene rings is 2. The number of halogens is 3. The van der Waals surface area contributed by atoms with Crippen molar-refractivity contribution < 1.29 is 17.9 Å². The number of aromatic nitrogens is 1. The van der Waals surface area contributed by atoms with Crippen molar-refractivity contribution in [2.75, 3.05) is 6.54 Å². The Morgan fingerprint density at radius 1 is 1.03 bits per heavy atom. The summed E-state index contributed by atoms with van der Waals surface area (Å²) >= 11 is 0. The zero-order valence-corrected chi connectivity index (χ0v) is 22.2. The summed E-state index contributed by atoms with van der Waals surface area (Å²) in [5, 5.41) is 14.3. The van der Waals surface area contributed by atoms with Crippen LogP contribution in [0.25, 0.3) is 10.9 Å². The molecule has 3 aromatic rings. The summed E-state index contributed by atoms with van der Waals surface area (Å²) in [6.45, 7) is 0.725. The molecule has 2 aliphatic carbocycles. The lowest BCUT2D eigenvalue weighted by molar-refractivity contribution is -0.274. The molecule has 208 valence electrons. The van der Waals surface area contributed by atoms with Crippen molar-refractivity contribution in [3.8, 4) is 11.8 Å². The molecule has 0 spiro atoms. The Labute approximate surface area is 228 Å². The largest absolute Gasteiger partial charge is 0.573 e. The van der Waals surface area contributed by atoms with Gasteiger partial charge in [-0.1, -0.05) is 31.4 Å². The van der Waals surface area contributed by atoms with Gasteiger partial charge in [-0.3, -0.25) is 0 Å². The minimum absolute atomic E-state index is 0.165. The maximum atomic E-state index is 13.1. The van der Waals surface area contributed by atoms with Gasteiger partial charge in [-0.25, -0.2) is 0 Å². The lowest BCUT2D eigenvalue weighted by Crippen LogP contribution is -2.38. The highest BCUT2D eigenvalue weighted by Gasteiger charge is 2.32. The third-order valence-corrected chi connectivity index (χ3v) is 8.47. The molecule has 0 radical (unpaired) electrons. The maximum absolute atomic E-state index is 13.1. The molecule has 1 atom stereocenters. The molecule has 0 amide bonds. The number of hydrogen-bond acceptors (Lipinski definition) is 4. The van der Waals surface area contributed by atoms with Crippen molar-refractivity contribution in [2.45, 2.75) is 94.6 Å². The summed E-state index contributed by atoms with van der Waals surface area (Å²) in [4.78, 5) is 0. The van der Waals surface area contributed by atoms with Gasteiger partial charge in [-0.15, -0.1) is 13.2 Å². The highest BCUT2D eigenvalue weighted by atomic mass is 19.4. The summed E-state index contributed by atoms with van der Waals surface area (Å²) in [7, 11) is 0. The molecule has 0 aliphatic heterocycles. The molecule has 0 saturated heterocycles. The molecule has 0 bridgehead atoms. The van der Waals surface area contributed by atoms with Crippen molar-refractivity contribution >= 4 is 10.9 Å². The Hall–Kier alpha value is -3.02. The van der Waals surface area contributed by atoms with Crippen molar-refractivity contribution in [1.82, 2.24) is 9.88 Å². The van der Waals surface area contributed by atoms with Crippen LogP contribution in [0.5, 0.6) is 5.75 Å². The fraction of sp³-hybridized carbons (Fsp3) is 0.516. The van der Waals surface area contributed by atoms with Gasteiger partial charge < -0.3 is 20.4 Å². The van der Waals surface area contributed by atoms with Crippen LogP contribution in [0.1, 0.15) is 92.9 Å². The smallest absolute Gasteiger partial charge is 0.406 e. The van der Waals surface area contributed by atoms with E-state index in [0.29, 0.717) is 24.1 Å². The number of fused-ring (bicyclic) bond motifs is 1. The van der Waals surface area contributed by atoms with Crippen LogP contribution in [0.2, 0.25) is 0 Å². The summed E-state index contributed by atoms with van der Waals surface area (Å²) in [6, 6.07) is 15.5. The molecule has 5 rings (SSSR count). The van der Waals surface area contributed by atoms with Gasteiger partial charge in [-0.05, 0) is 92.9 Å². The quantitative estimate of drug-likeness (QED) is 0.316. The van der Waals surface area contributed by atoms with E-state index in [9.17, 15) is 18.4 Å². The number of nitrogens with two attached hydrogens (primary N) is 1. The van der Waals surface area contributed by atoms with Crippen LogP contribution < -0.4 is 15.8 Å². The lowest BCUT2D eigenvalue weighted by Gasteiger charge is -2.28. The second-order valence-corrected chi connectivity index (χ2v) is 11.2. The number of nitrogens with one attached hydrogen (secondary N) is 1. The minimum atomic E-state index is -4.75. The Bertz CT molecular complexity index is 1300. The van der Waals surface area contributed by atoms with Crippen LogP contribution in [0.4, 0.5) is 13.2 Å². The van der Waals surface area contributed by atoms with E-state index in [0.717, 1.165) is 67.1 Å². The molecule has 1 unspecified atom stereocenters. The van der Waals surface area contributed by atoms with E-state index in [1.165, 1.54) is 31.4 Å². The van der Waals surface area contributed by atoms with Crippen LogP contribution in [0, 0.1) is 11.3 Å². The first-order valence-electron chi connectivity index (χ1n) is 14.2. The Morgan fingerprint density at radius 2 is 1.79 bits per heavy atom. The summed E-state index contributed by atoms with van der Waals surface area (Å²) < 4.78 is 45.8. The Balaban J connectivity index is 1.52. The number of rotatable bonds is 8. The highest BCUT2D eigenvalue weighted by Crippen LogP contribution is 2.40. The van der Waals surface area contributed by atoms with Gasteiger partial charge in [-0.2, -0.15) is 5.26 Å². The van der Waals surface area contributed by atoms with Gasteiger partial charge in [0.25, 0.3) is 0 Å². The van der Waals surface area contributed by atoms with Crippen LogP contribution >= 0.6 is 0 Å². The number of nitriles is 1.